The molecule has 0 saturated heterocycles. The van der Waals surface area contributed by atoms with Crippen molar-refractivity contribution in [2.45, 2.75) is 0 Å². The van der Waals surface area contributed by atoms with E-state index in [1.54, 1.807) is 45.3 Å². The molecule has 8 aromatic rings. The van der Waals surface area contributed by atoms with Gasteiger partial charge in [0.1, 0.15) is 10.0 Å². The highest BCUT2D eigenvalue weighted by Crippen LogP contribution is 2.42. The largest absolute Gasteiger partial charge is 0.238 e. The summed E-state index contributed by atoms with van der Waals surface area (Å²) >= 11 is 6.88. The second kappa shape index (κ2) is 9.99. The van der Waals surface area contributed by atoms with Crippen LogP contribution in [0.15, 0.2) is 97.1 Å². The number of thiophene rings is 2. The molecule has 0 fully saturated rings. The van der Waals surface area contributed by atoms with Gasteiger partial charge in [-0.3, -0.25) is 0 Å². The Kier molecular flexibility index (Phi) is 5.96. The van der Waals surface area contributed by atoms with Crippen LogP contribution in [0.25, 0.3) is 76.7 Å². The lowest BCUT2D eigenvalue weighted by atomic mass is 10.1. The van der Waals surface area contributed by atoms with Crippen LogP contribution in [-0.4, -0.2) is 9.97 Å². The first-order valence-corrected chi connectivity index (χ1v) is 16.2. The van der Waals surface area contributed by atoms with Crippen LogP contribution in [0.1, 0.15) is 5.56 Å². The van der Waals surface area contributed by atoms with Gasteiger partial charge < -0.3 is 0 Å². The summed E-state index contributed by atoms with van der Waals surface area (Å²) in [5.41, 5.74) is 5.56. The third-order valence-electron chi connectivity index (χ3n) is 7.07. The molecule has 0 aliphatic rings. The maximum absolute atomic E-state index is 9.08. The topological polar surface area (TPSA) is 53.9 Å². The Hall–Kier alpha value is -4.70. The fourth-order valence-corrected chi connectivity index (χ4v) is 9.05. The molecule has 0 spiro atoms. The molecule has 8 heteroatoms. The monoisotopic (exact) mass is 608 g/mol. The van der Waals surface area contributed by atoms with E-state index >= 15 is 0 Å². The first-order chi connectivity index (χ1) is 20.6. The van der Waals surface area contributed by atoms with Gasteiger partial charge in [0.15, 0.2) is 5.69 Å². The van der Waals surface area contributed by atoms with Crippen LogP contribution in [0, 0.1) is 17.9 Å². The molecule has 4 nitrogen and oxygen atoms in total. The van der Waals surface area contributed by atoms with Gasteiger partial charge in [-0.2, -0.15) is 5.26 Å². The zero-order chi connectivity index (χ0) is 28.2. The highest BCUT2D eigenvalue weighted by molar-refractivity contribution is 7.27. The van der Waals surface area contributed by atoms with Crippen molar-refractivity contribution in [3.05, 3.63) is 114 Å². The van der Waals surface area contributed by atoms with E-state index < -0.39 is 0 Å². The quantitative estimate of drug-likeness (QED) is 0.187. The summed E-state index contributed by atoms with van der Waals surface area (Å²) in [7, 11) is 0. The van der Waals surface area contributed by atoms with Crippen LogP contribution >= 0.6 is 45.3 Å². The molecular formula is C34H16N4S4. The fraction of sp³-hybridized carbons (Fsp3) is 0. The van der Waals surface area contributed by atoms with Gasteiger partial charge in [0.2, 0.25) is 0 Å². The van der Waals surface area contributed by atoms with E-state index in [4.69, 9.17) is 21.8 Å². The highest BCUT2D eigenvalue weighted by Gasteiger charge is 2.14. The molecule has 0 aliphatic heterocycles. The van der Waals surface area contributed by atoms with Crippen LogP contribution in [0.3, 0.4) is 0 Å². The number of fused-ring (bicyclic) bond motifs is 3. The zero-order valence-electron chi connectivity index (χ0n) is 21.7. The van der Waals surface area contributed by atoms with E-state index in [9.17, 15) is 0 Å². The van der Waals surface area contributed by atoms with E-state index in [1.165, 1.54) is 15.6 Å². The third-order valence-corrected chi connectivity index (χ3v) is 11.7. The number of hydrogen-bond donors (Lipinski definition) is 0. The normalized spacial score (nSPS) is 11.3. The first kappa shape index (κ1) is 25.0. The van der Waals surface area contributed by atoms with Crippen molar-refractivity contribution in [2.24, 2.45) is 0 Å². The second-order valence-corrected chi connectivity index (χ2v) is 13.9. The number of nitrogens with zero attached hydrogens (tertiary/aromatic N) is 4. The van der Waals surface area contributed by atoms with Gasteiger partial charge in [0.05, 0.1) is 48.4 Å². The number of nitriles is 1. The van der Waals surface area contributed by atoms with Crippen LogP contribution in [-0.2, 0) is 0 Å². The Balaban J connectivity index is 1.11. The molecule has 0 aliphatic carbocycles. The molecular weight excluding hydrogens is 593 g/mol. The van der Waals surface area contributed by atoms with Gasteiger partial charge in [-0.15, -0.1) is 45.3 Å². The minimum Gasteiger partial charge on any atom is -0.238 e. The summed E-state index contributed by atoms with van der Waals surface area (Å²) in [4.78, 5) is 18.1. The van der Waals surface area contributed by atoms with Crippen LogP contribution < -0.4 is 0 Å². The second-order valence-electron chi connectivity index (χ2n) is 9.70. The molecule has 0 amide bonds. The molecule has 0 saturated carbocycles. The lowest BCUT2D eigenvalue weighted by Gasteiger charge is -1.97. The molecule has 4 aromatic carbocycles. The number of benzene rings is 4. The maximum atomic E-state index is 9.08. The molecule has 42 heavy (non-hydrogen) atoms. The van der Waals surface area contributed by atoms with Gasteiger partial charge in [0, 0.05) is 9.75 Å². The number of hydrogen-bond acceptors (Lipinski definition) is 7. The number of aromatic nitrogens is 2. The summed E-state index contributed by atoms with van der Waals surface area (Å²) in [6.45, 7) is 7.17. The minimum absolute atomic E-state index is 0.653. The molecule has 4 aromatic heterocycles. The van der Waals surface area contributed by atoms with Crippen molar-refractivity contribution in [1.82, 2.24) is 9.97 Å². The van der Waals surface area contributed by atoms with Gasteiger partial charge >= 0.3 is 0 Å². The predicted molar refractivity (Wildman–Crippen MR) is 179 cm³/mol. The van der Waals surface area contributed by atoms with E-state index in [1.807, 2.05) is 48.5 Å². The molecule has 0 radical (unpaired) electrons. The van der Waals surface area contributed by atoms with Crippen molar-refractivity contribution in [3.63, 3.8) is 0 Å². The number of thiazole rings is 2. The molecule has 0 N–H and O–H groups in total. The Morgan fingerprint density at radius 3 is 1.52 bits per heavy atom. The Labute approximate surface area is 256 Å². The van der Waals surface area contributed by atoms with E-state index in [0.717, 1.165) is 56.2 Å². The van der Waals surface area contributed by atoms with Crippen LogP contribution in [0.5, 0.6) is 0 Å². The van der Waals surface area contributed by atoms with E-state index in [0.29, 0.717) is 11.3 Å². The molecule has 196 valence electrons. The lowest BCUT2D eigenvalue weighted by Crippen LogP contribution is -1.76. The molecule has 8 rings (SSSR count). The Bertz CT molecular complexity index is 2140. The van der Waals surface area contributed by atoms with Gasteiger partial charge in [-0.25, -0.2) is 14.8 Å². The van der Waals surface area contributed by atoms with Crippen molar-refractivity contribution in [2.75, 3.05) is 0 Å². The smallest absolute Gasteiger partial charge is 0.187 e. The molecule has 0 bridgehead atoms. The van der Waals surface area contributed by atoms with Crippen LogP contribution in [0.2, 0.25) is 0 Å². The zero-order valence-corrected chi connectivity index (χ0v) is 24.9. The maximum Gasteiger partial charge on any atom is 0.187 e. The fourth-order valence-electron chi connectivity index (χ4n) is 4.93. The van der Waals surface area contributed by atoms with E-state index in [-0.39, 0.29) is 0 Å². The first-order valence-electron chi connectivity index (χ1n) is 13.0. The van der Waals surface area contributed by atoms with Crippen molar-refractivity contribution < 1.29 is 0 Å². The summed E-state index contributed by atoms with van der Waals surface area (Å²) in [6.07, 6.45) is 0. The van der Waals surface area contributed by atoms with Crippen molar-refractivity contribution in [1.29, 1.82) is 5.26 Å². The summed E-state index contributed by atoms with van der Waals surface area (Å²) in [5, 5.41) is 13.4. The van der Waals surface area contributed by atoms with Crippen molar-refractivity contribution >= 4 is 82.2 Å². The van der Waals surface area contributed by atoms with Crippen LogP contribution in [0.4, 0.5) is 5.69 Å². The van der Waals surface area contributed by atoms with Crippen molar-refractivity contribution in [3.8, 4) is 46.7 Å². The van der Waals surface area contributed by atoms with Gasteiger partial charge in [-0.05, 0) is 82.6 Å². The number of rotatable bonds is 4. The Morgan fingerprint density at radius 1 is 0.571 bits per heavy atom. The molecule has 0 unspecified atom stereocenters. The molecule has 0 atom stereocenters. The average Bonchev–Trinajstić information content (AvgIpc) is 3.84. The van der Waals surface area contributed by atoms with Gasteiger partial charge in [0.25, 0.3) is 0 Å². The van der Waals surface area contributed by atoms with Gasteiger partial charge in [-0.1, -0.05) is 36.4 Å². The lowest BCUT2D eigenvalue weighted by molar-refractivity contribution is 1.49. The average molecular weight is 609 g/mol. The highest BCUT2D eigenvalue weighted by atomic mass is 32.1. The van der Waals surface area contributed by atoms with E-state index in [2.05, 4.69) is 59.4 Å². The summed E-state index contributed by atoms with van der Waals surface area (Å²) < 4.78 is 2.32. The third kappa shape index (κ3) is 4.39. The Morgan fingerprint density at radius 2 is 1.05 bits per heavy atom. The molecule has 4 heterocycles. The predicted octanol–water partition coefficient (Wildman–Crippen LogP) is 11.3. The summed E-state index contributed by atoms with van der Waals surface area (Å²) in [5.74, 6) is 0. The SMILES string of the molecule is [C-]#[N+]c1ccc(-c2ccc(-c3nc4cc5cc6sc(-c7ccc(-c8ccc(C#N)cc8)s7)nc6cc5cc4s3)s2)cc1. The minimum atomic E-state index is 0.653. The summed E-state index contributed by atoms with van der Waals surface area (Å²) in [6, 6.07) is 35.0. The standard InChI is InChI=1S/C34H16N4S4/c1-36-24-8-6-21(7-9-24)28-11-13-30(40-28)34-38-26-15-23-16-31-25(14-22(23)17-32(26)42-34)37-33(41-31)29-12-10-27(39-29)20-4-2-19(18-35)3-5-20/h2-17H.